The molecule has 3 rings (SSSR count). The van der Waals surface area contributed by atoms with E-state index in [0.29, 0.717) is 5.92 Å². The maximum absolute atomic E-state index is 12.3. The summed E-state index contributed by atoms with van der Waals surface area (Å²) in [5.41, 5.74) is 6.24. The van der Waals surface area contributed by atoms with E-state index in [-0.39, 0.29) is 5.91 Å². The number of benzene rings is 1. The van der Waals surface area contributed by atoms with E-state index in [9.17, 15) is 4.79 Å². The van der Waals surface area contributed by atoms with Gasteiger partial charge >= 0.3 is 0 Å². The Hall–Kier alpha value is -1.59. The highest BCUT2D eigenvalue weighted by molar-refractivity contribution is 5.98. The second-order valence-electron chi connectivity index (χ2n) is 6.71. The molecule has 1 aliphatic heterocycles. The fourth-order valence-electron chi connectivity index (χ4n) is 3.25. The van der Waals surface area contributed by atoms with Gasteiger partial charge in [-0.2, -0.15) is 0 Å². The van der Waals surface area contributed by atoms with Crippen molar-refractivity contribution in [2.45, 2.75) is 44.1 Å². The van der Waals surface area contributed by atoms with E-state index in [0.717, 1.165) is 69.8 Å². The van der Waals surface area contributed by atoms with Crippen LogP contribution in [0.4, 0.5) is 5.69 Å². The minimum Gasteiger partial charge on any atom is -0.493 e. The predicted molar refractivity (Wildman–Crippen MR) is 89.5 cm³/mol. The van der Waals surface area contributed by atoms with Gasteiger partial charge in [-0.25, -0.2) is 0 Å². The highest BCUT2D eigenvalue weighted by atomic mass is 16.5. The summed E-state index contributed by atoms with van der Waals surface area (Å²) in [4.78, 5) is 12.3. The van der Waals surface area contributed by atoms with Crippen molar-refractivity contribution in [1.29, 1.82) is 0 Å². The number of rotatable bonds is 5. The van der Waals surface area contributed by atoms with Gasteiger partial charge in [-0.05, 0) is 55.9 Å². The van der Waals surface area contributed by atoms with Gasteiger partial charge in [-0.15, -0.1) is 0 Å². The summed E-state index contributed by atoms with van der Waals surface area (Å²) < 4.78 is 11.2. The minimum absolute atomic E-state index is 0.0779. The summed E-state index contributed by atoms with van der Waals surface area (Å²) in [5.74, 6) is 1.33. The molecule has 5 nitrogen and oxygen atoms in total. The third-order valence-corrected chi connectivity index (χ3v) is 4.89. The maximum atomic E-state index is 12.3. The largest absolute Gasteiger partial charge is 0.493 e. The Balaban J connectivity index is 1.49. The third-order valence-electron chi connectivity index (χ3n) is 4.89. The Labute approximate surface area is 137 Å². The van der Waals surface area contributed by atoms with E-state index in [1.165, 1.54) is 0 Å². The highest BCUT2D eigenvalue weighted by Gasteiger charge is 2.36. The molecule has 1 aromatic carbocycles. The molecule has 1 amide bonds. The molecule has 1 aliphatic carbocycles. The number of carbonyl (C=O) groups excluding carboxylic acids is 1. The van der Waals surface area contributed by atoms with Crippen LogP contribution in [0.15, 0.2) is 24.3 Å². The van der Waals surface area contributed by atoms with Crippen molar-refractivity contribution in [1.82, 2.24) is 0 Å². The third kappa shape index (κ3) is 4.24. The molecule has 5 heteroatoms. The fourth-order valence-corrected chi connectivity index (χ4v) is 3.25. The average Bonchev–Trinajstić information content (AvgIpc) is 3.03. The van der Waals surface area contributed by atoms with Crippen molar-refractivity contribution in [2.24, 2.45) is 11.7 Å². The first-order chi connectivity index (χ1) is 11.2. The first kappa shape index (κ1) is 16.3. The molecule has 0 unspecified atom stereocenters. The fraction of sp³-hybridized carbons (Fsp3) is 0.611. The normalized spacial score (nSPS) is 21.1. The van der Waals surface area contributed by atoms with Crippen LogP contribution in [-0.2, 0) is 9.53 Å². The van der Waals surface area contributed by atoms with Gasteiger partial charge in [0.05, 0.1) is 12.1 Å². The SMILES string of the molecule is NC1(C(=O)Nc2ccc(OCC3CCOCC3)cc2)CCCC1. The molecule has 2 fully saturated rings. The topological polar surface area (TPSA) is 73.6 Å². The van der Waals surface area contributed by atoms with E-state index < -0.39 is 5.54 Å². The standard InChI is InChI=1S/C18H26N2O3/c19-18(9-1-2-10-18)17(21)20-15-3-5-16(6-4-15)23-13-14-7-11-22-12-8-14/h3-6,14H,1-2,7-13,19H2,(H,20,21). The first-order valence-electron chi connectivity index (χ1n) is 8.57. The lowest BCUT2D eigenvalue weighted by atomic mass is 9.98. The Kier molecular flexibility index (Phi) is 5.18. The van der Waals surface area contributed by atoms with E-state index in [4.69, 9.17) is 15.2 Å². The van der Waals surface area contributed by atoms with Crippen molar-refractivity contribution in [2.75, 3.05) is 25.1 Å². The number of hydrogen-bond donors (Lipinski definition) is 2. The molecule has 0 aromatic heterocycles. The molecule has 3 N–H and O–H groups in total. The van der Waals surface area contributed by atoms with Crippen molar-refractivity contribution in [3.8, 4) is 5.75 Å². The number of nitrogens with one attached hydrogen (secondary N) is 1. The van der Waals surface area contributed by atoms with Crippen molar-refractivity contribution >= 4 is 11.6 Å². The average molecular weight is 318 g/mol. The van der Waals surface area contributed by atoms with Gasteiger partial charge in [0.1, 0.15) is 5.75 Å². The van der Waals surface area contributed by atoms with Crippen LogP contribution in [0.25, 0.3) is 0 Å². The molecular formula is C18H26N2O3. The summed E-state index contributed by atoms with van der Waals surface area (Å²) in [5, 5.41) is 2.92. The molecule has 2 aliphatic rings. The van der Waals surface area contributed by atoms with Gasteiger partial charge < -0.3 is 20.5 Å². The lowest BCUT2D eigenvalue weighted by Crippen LogP contribution is -2.48. The Morgan fingerprint density at radius 1 is 1.22 bits per heavy atom. The molecule has 23 heavy (non-hydrogen) atoms. The smallest absolute Gasteiger partial charge is 0.244 e. The summed E-state index contributed by atoms with van der Waals surface area (Å²) in [6.45, 7) is 2.39. The van der Waals surface area contributed by atoms with Gasteiger partial charge in [0.15, 0.2) is 0 Å². The molecule has 1 heterocycles. The first-order valence-corrected chi connectivity index (χ1v) is 8.57. The monoisotopic (exact) mass is 318 g/mol. The molecule has 1 saturated carbocycles. The molecule has 0 atom stereocenters. The van der Waals surface area contributed by atoms with Gasteiger partial charge in [0.25, 0.3) is 0 Å². The van der Waals surface area contributed by atoms with E-state index in [1.807, 2.05) is 24.3 Å². The van der Waals surface area contributed by atoms with E-state index in [2.05, 4.69) is 5.32 Å². The van der Waals surface area contributed by atoms with Crippen LogP contribution in [0.2, 0.25) is 0 Å². The van der Waals surface area contributed by atoms with Gasteiger partial charge in [0, 0.05) is 18.9 Å². The summed E-state index contributed by atoms with van der Waals surface area (Å²) in [6.07, 6.45) is 5.72. The number of carbonyl (C=O) groups is 1. The van der Waals surface area contributed by atoms with Crippen LogP contribution in [0.3, 0.4) is 0 Å². The molecular weight excluding hydrogens is 292 g/mol. The zero-order valence-electron chi connectivity index (χ0n) is 13.6. The summed E-state index contributed by atoms with van der Waals surface area (Å²) in [7, 11) is 0. The van der Waals surface area contributed by atoms with Crippen molar-refractivity contribution < 1.29 is 14.3 Å². The van der Waals surface area contributed by atoms with Gasteiger partial charge in [0.2, 0.25) is 5.91 Å². The lowest BCUT2D eigenvalue weighted by Gasteiger charge is -2.23. The van der Waals surface area contributed by atoms with E-state index in [1.54, 1.807) is 0 Å². The number of amides is 1. The van der Waals surface area contributed by atoms with Crippen LogP contribution in [-0.4, -0.2) is 31.3 Å². The second-order valence-corrected chi connectivity index (χ2v) is 6.71. The highest BCUT2D eigenvalue weighted by Crippen LogP contribution is 2.28. The van der Waals surface area contributed by atoms with Crippen LogP contribution < -0.4 is 15.8 Å². The van der Waals surface area contributed by atoms with Crippen LogP contribution in [0, 0.1) is 5.92 Å². The molecule has 0 spiro atoms. The Bertz CT molecular complexity index is 518. The van der Waals surface area contributed by atoms with E-state index >= 15 is 0 Å². The minimum atomic E-state index is -0.696. The number of ether oxygens (including phenoxy) is 2. The van der Waals surface area contributed by atoms with Crippen molar-refractivity contribution in [3.63, 3.8) is 0 Å². The molecule has 0 bridgehead atoms. The second kappa shape index (κ2) is 7.32. The van der Waals surface area contributed by atoms with Gasteiger partial charge in [-0.3, -0.25) is 4.79 Å². The Morgan fingerprint density at radius 3 is 2.52 bits per heavy atom. The van der Waals surface area contributed by atoms with Crippen molar-refractivity contribution in [3.05, 3.63) is 24.3 Å². The van der Waals surface area contributed by atoms with Gasteiger partial charge in [-0.1, -0.05) is 12.8 Å². The number of nitrogens with two attached hydrogens (primary N) is 1. The molecule has 1 aromatic rings. The summed E-state index contributed by atoms with van der Waals surface area (Å²) >= 11 is 0. The summed E-state index contributed by atoms with van der Waals surface area (Å²) in [6, 6.07) is 7.53. The predicted octanol–water partition coefficient (Wildman–Crippen LogP) is 2.70. The van der Waals surface area contributed by atoms with Crippen LogP contribution >= 0.6 is 0 Å². The van der Waals surface area contributed by atoms with Crippen LogP contribution in [0.1, 0.15) is 38.5 Å². The maximum Gasteiger partial charge on any atom is 0.244 e. The Morgan fingerprint density at radius 2 is 1.87 bits per heavy atom. The molecule has 1 saturated heterocycles. The molecule has 126 valence electrons. The zero-order chi connectivity index (χ0) is 16.1. The molecule has 0 radical (unpaired) electrons. The number of anilines is 1. The number of hydrogen-bond acceptors (Lipinski definition) is 4. The quantitative estimate of drug-likeness (QED) is 0.875. The lowest BCUT2D eigenvalue weighted by molar-refractivity contribution is -0.121. The zero-order valence-corrected chi connectivity index (χ0v) is 13.6. The van der Waals surface area contributed by atoms with Crippen LogP contribution in [0.5, 0.6) is 5.75 Å².